The molecule has 2 N–H and O–H groups in total. The molecule has 1 aromatic heterocycles. The van der Waals surface area contributed by atoms with E-state index in [1.54, 1.807) is 0 Å². The number of fused-ring (bicyclic) bond motifs is 1. The van der Waals surface area contributed by atoms with Crippen LogP contribution in [0.1, 0.15) is 105 Å². The van der Waals surface area contributed by atoms with E-state index in [1.165, 1.54) is 44.9 Å². The van der Waals surface area contributed by atoms with E-state index in [2.05, 4.69) is 49.3 Å². The van der Waals surface area contributed by atoms with E-state index in [9.17, 15) is 9.59 Å². The summed E-state index contributed by atoms with van der Waals surface area (Å²) in [5, 5.41) is 7.24. The molecule has 0 bridgehead atoms. The minimum absolute atomic E-state index is 0.0177. The van der Waals surface area contributed by atoms with Gasteiger partial charge in [0.05, 0.1) is 23.0 Å². The predicted molar refractivity (Wildman–Crippen MR) is 164 cm³/mol. The molecule has 3 aliphatic rings. The number of nitrogens with one attached hydrogen (secondary N) is 2. The zero-order valence-corrected chi connectivity index (χ0v) is 25.7. The van der Waals surface area contributed by atoms with Gasteiger partial charge >= 0.3 is 5.69 Å². The molecule has 7 heteroatoms. The molecule has 2 aliphatic heterocycles. The number of imidazole rings is 1. The van der Waals surface area contributed by atoms with E-state index in [-0.39, 0.29) is 40.7 Å². The third-order valence-corrected chi connectivity index (χ3v) is 9.79. The quantitative estimate of drug-likeness (QED) is 0.499. The molecule has 3 fully saturated rings. The first-order valence-corrected chi connectivity index (χ1v) is 16.1. The zero-order valence-electron chi connectivity index (χ0n) is 25.7. The van der Waals surface area contributed by atoms with Gasteiger partial charge in [0.2, 0.25) is 5.91 Å². The number of carbonyl (C=O) groups excluding carboxylic acids is 1. The zero-order chi connectivity index (χ0) is 28.5. The number of para-hydroxylation sites is 2. The number of piperidine rings is 2. The first-order chi connectivity index (χ1) is 19.1. The van der Waals surface area contributed by atoms with Gasteiger partial charge in [-0.2, -0.15) is 0 Å². The molecule has 40 heavy (non-hydrogen) atoms. The van der Waals surface area contributed by atoms with Crippen molar-refractivity contribution in [2.24, 2.45) is 11.8 Å². The normalized spacial score (nSPS) is 26.8. The standard InChI is InChI=1S/C33H53N5O2/c1-6-37-28-16-12-13-17-29(28)38(31(37)40)27-18-19-36(22-24-14-10-8-7-9-11-15-24)23-26(27)30(39)34-25-20-32(2,3)35-33(4,5)21-25/h12-13,16-17,24-27,35H,6-11,14-15,18-23H2,1-5H3,(H,34,39)/t26-,27-/m0/s1. The van der Waals surface area contributed by atoms with Crippen molar-refractivity contribution in [3.8, 4) is 0 Å². The van der Waals surface area contributed by atoms with Crippen LogP contribution in [0, 0.1) is 11.8 Å². The maximum atomic E-state index is 14.3. The highest BCUT2D eigenvalue weighted by Gasteiger charge is 2.42. The topological polar surface area (TPSA) is 71.3 Å². The molecule has 1 aromatic carbocycles. The van der Waals surface area contributed by atoms with Gasteiger partial charge in [0.25, 0.3) is 0 Å². The number of amides is 1. The molecule has 3 heterocycles. The average molecular weight is 552 g/mol. The highest BCUT2D eigenvalue weighted by atomic mass is 16.2. The number of nitrogens with zero attached hydrogens (tertiary/aromatic N) is 3. The Bertz CT molecular complexity index is 1200. The second kappa shape index (κ2) is 12.0. The van der Waals surface area contributed by atoms with Gasteiger partial charge in [-0.3, -0.25) is 13.9 Å². The lowest BCUT2D eigenvalue weighted by Gasteiger charge is -2.47. The van der Waals surface area contributed by atoms with Crippen molar-refractivity contribution in [3.63, 3.8) is 0 Å². The van der Waals surface area contributed by atoms with Gasteiger partial charge in [-0.25, -0.2) is 4.79 Å². The smallest absolute Gasteiger partial charge is 0.329 e. The van der Waals surface area contributed by atoms with Crippen LogP contribution in [0.4, 0.5) is 0 Å². The largest absolute Gasteiger partial charge is 0.353 e. The maximum Gasteiger partial charge on any atom is 0.329 e. The molecule has 2 aromatic rings. The van der Waals surface area contributed by atoms with Gasteiger partial charge in [0.1, 0.15) is 0 Å². The molecule has 2 saturated heterocycles. The summed E-state index contributed by atoms with van der Waals surface area (Å²) in [6.45, 7) is 14.3. The Hall–Kier alpha value is -2.12. The Kier molecular flexibility index (Phi) is 8.82. The third kappa shape index (κ3) is 6.51. The summed E-state index contributed by atoms with van der Waals surface area (Å²) in [7, 11) is 0. The van der Waals surface area contributed by atoms with Crippen LogP contribution in [0.5, 0.6) is 0 Å². The highest BCUT2D eigenvalue weighted by Crippen LogP contribution is 2.34. The second-order valence-corrected chi connectivity index (χ2v) is 14.3. The molecule has 1 aliphatic carbocycles. The summed E-state index contributed by atoms with van der Waals surface area (Å²) in [6.07, 6.45) is 12.0. The van der Waals surface area contributed by atoms with E-state index in [0.717, 1.165) is 55.8 Å². The Morgan fingerprint density at radius 1 is 0.950 bits per heavy atom. The first kappa shape index (κ1) is 29.4. The summed E-state index contributed by atoms with van der Waals surface area (Å²) in [5.41, 5.74) is 1.86. The number of carbonyl (C=O) groups is 1. The van der Waals surface area contributed by atoms with E-state index in [4.69, 9.17) is 0 Å². The number of hydrogen-bond donors (Lipinski definition) is 2. The second-order valence-electron chi connectivity index (χ2n) is 14.3. The van der Waals surface area contributed by atoms with Gasteiger partial charge < -0.3 is 15.5 Å². The summed E-state index contributed by atoms with van der Waals surface area (Å²) < 4.78 is 3.83. The van der Waals surface area contributed by atoms with Crippen LogP contribution in [-0.4, -0.2) is 56.7 Å². The fourth-order valence-electron chi connectivity index (χ4n) is 8.42. The van der Waals surface area contributed by atoms with Gasteiger partial charge in [-0.05, 0) is 84.8 Å². The Balaban J connectivity index is 1.42. The fraction of sp³-hybridized carbons (Fsp3) is 0.758. The molecular formula is C33H53N5O2. The first-order valence-electron chi connectivity index (χ1n) is 16.1. The van der Waals surface area contributed by atoms with Gasteiger partial charge in [0, 0.05) is 43.3 Å². The van der Waals surface area contributed by atoms with Gasteiger partial charge in [-0.15, -0.1) is 0 Å². The number of rotatable bonds is 6. The van der Waals surface area contributed by atoms with Crippen molar-refractivity contribution >= 4 is 16.9 Å². The van der Waals surface area contributed by atoms with E-state index in [0.29, 0.717) is 6.54 Å². The van der Waals surface area contributed by atoms with E-state index >= 15 is 0 Å². The molecule has 0 unspecified atom stereocenters. The van der Waals surface area contributed by atoms with Crippen LogP contribution in [0.15, 0.2) is 29.1 Å². The third-order valence-electron chi connectivity index (χ3n) is 9.79. The van der Waals surface area contributed by atoms with Crippen LogP contribution >= 0.6 is 0 Å². The van der Waals surface area contributed by atoms with Crippen molar-refractivity contribution in [1.82, 2.24) is 24.7 Å². The van der Waals surface area contributed by atoms with E-state index < -0.39 is 0 Å². The Morgan fingerprint density at radius 2 is 1.57 bits per heavy atom. The minimum Gasteiger partial charge on any atom is -0.353 e. The van der Waals surface area contributed by atoms with Crippen LogP contribution < -0.4 is 16.3 Å². The maximum absolute atomic E-state index is 14.3. The summed E-state index contributed by atoms with van der Waals surface area (Å²) in [4.78, 5) is 30.6. The molecular weight excluding hydrogens is 498 g/mol. The summed E-state index contributed by atoms with van der Waals surface area (Å²) >= 11 is 0. The molecule has 222 valence electrons. The number of benzene rings is 1. The van der Waals surface area contributed by atoms with Crippen LogP contribution in [0.3, 0.4) is 0 Å². The molecule has 7 nitrogen and oxygen atoms in total. The molecule has 0 radical (unpaired) electrons. The van der Waals surface area contributed by atoms with Crippen molar-refractivity contribution < 1.29 is 4.79 Å². The molecule has 0 spiro atoms. The van der Waals surface area contributed by atoms with Gasteiger partial charge in [-0.1, -0.05) is 44.2 Å². The average Bonchev–Trinajstić information content (AvgIpc) is 3.14. The molecule has 5 rings (SSSR count). The van der Waals surface area contributed by atoms with E-state index in [1.807, 2.05) is 34.3 Å². The minimum atomic E-state index is -0.253. The van der Waals surface area contributed by atoms with Crippen molar-refractivity contribution in [2.45, 2.75) is 129 Å². The lowest BCUT2D eigenvalue weighted by atomic mass is 9.79. The van der Waals surface area contributed by atoms with Crippen molar-refractivity contribution in [1.29, 1.82) is 0 Å². The Morgan fingerprint density at radius 3 is 2.23 bits per heavy atom. The lowest BCUT2D eigenvalue weighted by molar-refractivity contribution is -0.130. The van der Waals surface area contributed by atoms with Gasteiger partial charge in [0.15, 0.2) is 0 Å². The van der Waals surface area contributed by atoms with Crippen molar-refractivity contribution in [2.75, 3.05) is 19.6 Å². The Labute approximate surface area is 241 Å². The lowest BCUT2D eigenvalue weighted by Crippen LogP contribution is -2.63. The number of aryl methyl sites for hydroxylation is 1. The van der Waals surface area contributed by atoms with Crippen molar-refractivity contribution in [3.05, 3.63) is 34.7 Å². The molecule has 1 saturated carbocycles. The summed E-state index contributed by atoms with van der Waals surface area (Å²) in [6, 6.07) is 8.08. The SMILES string of the molecule is CCn1c(=O)n([C@H]2CCN(CC3CCCCCCC3)C[C@@H]2C(=O)NC2CC(C)(C)NC(C)(C)C2)c2ccccc21. The number of aromatic nitrogens is 2. The monoisotopic (exact) mass is 551 g/mol. The molecule has 1 amide bonds. The highest BCUT2D eigenvalue weighted by molar-refractivity contribution is 5.81. The van der Waals surface area contributed by atoms with Crippen LogP contribution in [0.2, 0.25) is 0 Å². The summed E-state index contributed by atoms with van der Waals surface area (Å²) in [5.74, 6) is 0.583. The predicted octanol–water partition coefficient (Wildman–Crippen LogP) is 5.47. The van der Waals surface area contributed by atoms with Crippen LogP contribution in [0.25, 0.3) is 11.0 Å². The molecule has 2 atom stereocenters. The number of likely N-dealkylation sites (tertiary alicyclic amines) is 1. The van der Waals surface area contributed by atoms with Crippen LogP contribution in [-0.2, 0) is 11.3 Å². The fourth-order valence-corrected chi connectivity index (χ4v) is 8.42. The number of hydrogen-bond acceptors (Lipinski definition) is 4.